The van der Waals surface area contributed by atoms with E-state index < -0.39 is 18.2 Å². The van der Waals surface area contributed by atoms with E-state index in [0.29, 0.717) is 12.0 Å². The predicted octanol–water partition coefficient (Wildman–Crippen LogP) is 3.89. The summed E-state index contributed by atoms with van der Waals surface area (Å²) in [5.74, 6) is -1.06. The molecule has 0 spiro atoms. The van der Waals surface area contributed by atoms with E-state index in [2.05, 4.69) is 32.6 Å². The maximum Gasteiger partial charge on any atom is 0.334 e. The maximum atomic E-state index is 12.2. The lowest BCUT2D eigenvalue weighted by Crippen LogP contribution is -2.40. The van der Waals surface area contributed by atoms with E-state index in [0.717, 1.165) is 19.3 Å². The monoisotopic (exact) mass is 374 g/mol. The first-order chi connectivity index (χ1) is 12.7. The molecule has 0 bridgehead atoms. The second-order valence-corrected chi connectivity index (χ2v) is 8.31. The Morgan fingerprint density at radius 3 is 2.85 bits per heavy atom. The van der Waals surface area contributed by atoms with Crippen molar-refractivity contribution in [2.45, 2.75) is 77.3 Å². The van der Waals surface area contributed by atoms with Crippen LogP contribution in [0.1, 0.15) is 53.4 Å². The van der Waals surface area contributed by atoms with Crippen molar-refractivity contribution in [2.75, 3.05) is 0 Å². The fourth-order valence-electron chi connectivity index (χ4n) is 4.17. The number of fused-ring (bicyclic) bond motifs is 2. The van der Waals surface area contributed by atoms with Crippen molar-refractivity contribution >= 4 is 11.9 Å². The summed E-state index contributed by atoms with van der Waals surface area (Å²) >= 11 is 0. The minimum absolute atomic E-state index is 0.0664. The van der Waals surface area contributed by atoms with Gasteiger partial charge in [-0.05, 0) is 39.5 Å². The molecule has 1 aliphatic carbocycles. The van der Waals surface area contributed by atoms with Crippen LogP contribution < -0.4 is 0 Å². The van der Waals surface area contributed by atoms with Gasteiger partial charge >= 0.3 is 11.9 Å². The molecule has 3 rings (SSSR count). The first-order valence-electron chi connectivity index (χ1n) is 9.78. The van der Waals surface area contributed by atoms with E-state index in [-0.39, 0.29) is 29.5 Å². The summed E-state index contributed by atoms with van der Waals surface area (Å²) < 4.78 is 17.2. The Bertz CT molecular complexity index is 691. The number of ether oxygens (including phenoxy) is 3. The molecule has 27 heavy (non-hydrogen) atoms. The van der Waals surface area contributed by atoms with Crippen LogP contribution in [0.15, 0.2) is 36.0 Å². The van der Waals surface area contributed by atoms with Crippen molar-refractivity contribution in [3.63, 3.8) is 0 Å². The Hall–Kier alpha value is -1.88. The molecule has 3 aliphatic rings. The zero-order valence-electron chi connectivity index (χ0n) is 16.7. The van der Waals surface area contributed by atoms with Crippen LogP contribution in [0, 0.1) is 11.8 Å². The quantitative estimate of drug-likeness (QED) is 0.302. The highest BCUT2D eigenvalue weighted by atomic mass is 16.6. The lowest BCUT2D eigenvalue weighted by Gasteiger charge is -2.29. The zero-order chi connectivity index (χ0) is 19.8. The lowest BCUT2D eigenvalue weighted by atomic mass is 9.83. The normalized spacial score (nSPS) is 39.6. The van der Waals surface area contributed by atoms with Crippen molar-refractivity contribution < 1.29 is 23.8 Å². The van der Waals surface area contributed by atoms with Gasteiger partial charge in [-0.3, -0.25) is 4.79 Å². The number of epoxide rings is 1. The molecule has 0 saturated carbocycles. The van der Waals surface area contributed by atoms with Crippen LogP contribution in [-0.2, 0) is 23.8 Å². The molecule has 2 aliphatic heterocycles. The topological polar surface area (TPSA) is 65.1 Å². The fourth-order valence-corrected chi connectivity index (χ4v) is 4.17. The summed E-state index contributed by atoms with van der Waals surface area (Å²) in [5.41, 5.74) is 1.59. The van der Waals surface area contributed by atoms with E-state index in [9.17, 15) is 9.59 Å². The molecule has 0 aromatic carbocycles. The first-order valence-corrected chi connectivity index (χ1v) is 9.78. The van der Waals surface area contributed by atoms with E-state index in [1.54, 1.807) is 0 Å². The average molecular weight is 374 g/mol. The van der Waals surface area contributed by atoms with E-state index in [4.69, 9.17) is 14.2 Å². The molecule has 6 atom stereocenters. The summed E-state index contributed by atoms with van der Waals surface area (Å²) in [6.07, 6.45) is 8.82. The van der Waals surface area contributed by atoms with Crippen LogP contribution in [0.3, 0.4) is 0 Å². The van der Waals surface area contributed by atoms with Gasteiger partial charge in [0.05, 0.1) is 11.7 Å². The molecule has 5 nitrogen and oxygen atoms in total. The summed E-state index contributed by atoms with van der Waals surface area (Å²) in [6.45, 7) is 11.6. The van der Waals surface area contributed by atoms with Gasteiger partial charge in [0.15, 0.2) is 0 Å². The van der Waals surface area contributed by atoms with Crippen molar-refractivity contribution in [2.24, 2.45) is 11.8 Å². The molecule has 5 heteroatoms. The third-order valence-electron chi connectivity index (χ3n) is 6.01. The van der Waals surface area contributed by atoms with Crippen LogP contribution >= 0.6 is 0 Å². The predicted molar refractivity (Wildman–Crippen MR) is 102 cm³/mol. The minimum Gasteiger partial charge on any atom is -0.458 e. The van der Waals surface area contributed by atoms with E-state index in [1.807, 2.05) is 13.0 Å². The molecule has 2 saturated heterocycles. The van der Waals surface area contributed by atoms with Crippen molar-refractivity contribution in [1.29, 1.82) is 0 Å². The van der Waals surface area contributed by atoms with Crippen molar-refractivity contribution in [3.05, 3.63) is 36.0 Å². The van der Waals surface area contributed by atoms with Gasteiger partial charge in [-0.25, -0.2) is 4.79 Å². The molecular weight excluding hydrogens is 344 g/mol. The fraction of sp³-hybridized carbons (Fsp3) is 0.636. The smallest absolute Gasteiger partial charge is 0.334 e. The molecule has 0 N–H and O–H groups in total. The van der Waals surface area contributed by atoms with Gasteiger partial charge in [-0.1, -0.05) is 37.3 Å². The van der Waals surface area contributed by atoms with Gasteiger partial charge in [0.2, 0.25) is 0 Å². The van der Waals surface area contributed by atoms with Crippen LogP contribution in [0.25, 0.3) is 0 Å². The van der Waals surface area contributed by atoms with Crippen molar-refractivity contribution in [3.8, 4) is 0 Å². The van der Waals surface area contributed by atoms with Crippen LogP contribution in [0.2, 0.25) is 0 Å². The Balaban J connectivity index is 1.91. The molecule has 0 radical (unpaired) electrons. The Kier molecular flexibility index (Phi) is 5.61. The molecule has 2 heterocycles. The third kappa shape index (κ3) is 4.34. The van der Waals surface area contributed by atoms with Crippen LogP contribution in [0.4, 0.5) is 0 Å². The Morgan fingerprint density at radius 2 is 2.15 bits per heavy atom. The second-order valence-electron chi connectivity index (χ2n) is 8.31. The molecule has 0 aromatic rings. The van der Waals surface area contributed by atoms with E-state index >= 15 is 0 Å². The summed E-state index contributed by atoms with van der Waals surface area (Å²) in [6, 6.07) is 0. The van der Waals surface area contributed by atoms with Gasteiger partial charge in [0.1, 0.15) is 12.2 Å². The average Bonchev–Trinajstić information content (AvgIpc) is 3.14. The minimum atomic E-state index is -0.538. The zero-order valence-corrected chi connectivity index (χ0v) is 16.7. The number of carbonyl (C=O) groups is 2. The Morgan fingerprint density at radius 1 is 1.41 bits per heavy atom. The van der Waals surface area contributed by atoms with Crippen molar-refractivity contribution in [1.82, 2.24) is 0 Å². The third-order valence-corrected chi connectivity index (χ3v) is 6.01. The molecule has 148 valence electrons. The van der Waals surface area contributed by atoms with Gasteiger partial charge in [-0.15, -0.1) is 0 Å². The summed E-state index contributed by atoms with van der Waals surface area (Å²) in [7, 11) is 0. The maximum absolute atomic E-state index is 12.2. The number of esters is 2. The standard InChI is InChI=1S/C22H30O5/c1-13-8-6-10-14(2)19(25-16(4)23)20-17(15(3)21(24)26-20)12-18-22(5,27-18)11-7-9-13/h6,9-10,14,17-20H,3,7-8,11-12H2,1-2,4-5H3. The molecule has 0 amide bonds. The van der Waals surface area contributed by atoms with Gasteiger partial charge in [-0.2, -0.15) is 0 Å². The molecule has 0 aromatic heterocycles. The molecular formula is C22H30O5. The summed E-state index contributed by atoms with van der Waals surface area (Å²) in [4.78, 5) is 24.0. The number of allylic oxidation sites excluding steroid dienone is 3. The SMILES string of the molecule is C=C1C(=O)OC2C1CC1OC1(C)CCC=C(C)CC=CC(C)C2OC(C)=O. The van der Waals surface area contributed by atoms with Crippen LogP contribution in [-0.4, -0.2) is 35.9 Å². The Labute approximate surface area is 161 Å². The molecule has 2 fully saturated rings. The van der Waals surface area contributed by atoms with E-state index in [1.165, 1.54) is 12.5 Å². The highest BCUT2D eigenvalue weighted by Crippen LogP contribution is 2.47. The largest absolute Gasteiger partial charge is 0.458 e. The molecule has 6 unspecified atom stereocenters. The van der Waals surface area contributed by atoms with Gasteiger partial charge < -0.3 is 14.2 Å². The lowest BCUT2D eigenvalue weighted by molar-refractivity contribution is -0.163. The first kappa shape index (κ1) is 19.9. The summed E-state index contributed by atoms with van der Waals surface area (Å²) in [5, 5.41) is 0. The number of hydrogen-bond donors (Lipinski definition) is 0. The number of rotatable bonds is 1. The second kappa shape index (κ2) is 7.63. The van der Waals surface area contributed by atoms with Gasteiger partial charge in [0.25, 0.3) is 0 Å². The van der Waals surface area contributed by atoms with Crippen LogP contribution in [0.5, 0.6) is 0 Å². The number of carbonyl (C=O) groups excluding carboxylic acids is 2. The van der Waals surface area contributed by atoms with Gasteiger partial charge in [0, 0.05) is 24.3 Å². The number of hydrogen-bond acceptors (Lipinski definition) is 5. The highest BCUT2D eigenvalue weighted by Gasteiger charge is 2.56. The highest BCUT2D eigenvalue weighted by molar-refractivity contribution is 5.91.